The Kier molecular flexibility index (Phi) is 3.26. The van der Waals surface area contributed by atoms with Crippen molar-refractivity contribution in [2.45, 2.75) is 11.8 Å². The predicted octanol–water partition coefficient (Wildman–Crippen LogP) is 1.41. The minimum absolute atomic E-state index is 0.0137. The monoisotopic (exact) mass is 226 g/mol. The van der Waals surface area contributed by atoms with Crippen molar-refractivity contribution in [1.82, 2.24) is 0 Å². The van der Waals surface area contributed by atoms with Gasteiger partial charge < -0.3 is 4.18 Å². The largest absolute Gasteiger partial charge is 0.346 e. The zero-order chi connectivity index (χ0) is 11.5. The average molecular weight is 226 g/mol. The molecule has 0 heterocycles. The molecule has 0 radical (unpaired) electrons. The van der Waals surface area contributed by atoms with E-state index >= 15 is 0 Å². The lowest BCUT2D eigenvalue weighted by Gasteiger charge is -2.05. The molecule has 80 valence electrons. The van der Waals surface area contributed by atoms with Crippen molar-refractivity contribution >= 4 is 16.1 Å². The topological polar surface area (TPSA) is 60.4 Å². The van der Waals surface area contributed by atoms with Crippen LogP contribution >= 0.6 is 0 Å². The van der Waals surface area contributed by atoms with Gasteiger partial charge in [0.1, 0.15) is 4.90 Å². The Hall–Kier alpha value is -1.62. The number of aryl methyl sites for hydroxylation is 1. The van der Waals surface area contributed by atoms with E-state index < -0.39 is 16.1 Å². The van der Waals surface area contributed by atoms with Gasteiger partial charge in [-0.15, -0.1) is 0 Å². The first-order valence-corrected chi connectivity index (χ1v) is 5.54. The van der Waals surface area contributed by atoms with E-state index in [4.69, 9.17) is 0 Å². The molecule has 0 aliphatic heterocycles. The third-order valence-electron chi connectivity index (χ3n) is 1.72. The number of carbonyl (C=O) groups excluding carboxylic acids is 1. The summed E-state index contributed by atoms with van der Waals surface area (Å²) in [5.41, 5.74) is 0.523. The van der Waals surface area contributed by atoms with Gasteiger partial charge in [-0.05, 0) is 18.6 Å². The Morgan fingerprint density at radius 1 is 1.40 bits per heavy atom. The van der Waals surface area contributed by atoms with Crippen molar-refractivity contribution in [1.29, 1.82) is 0 Å². The number of hydrogen-bond donors (Lipinski definition) is 0. The van der Waals surface area contributed by atoms with Crippen LogP contribution < -0.4 is 0 Å². The Morgan fingerprint density at radius 3 is 2.53 bits per heavy atom. The summed E-state index contributed by atoms with van der Waals surface area (Å²) >= 11 is 0. The van der Waals surface area contributed by atoms with Gasteiger partial charge in [0, 0.05) is 6.08 Å². The van der Waals surface area contributed by atoms with Crippen LogP contribution in [0.15, 0.2) is 41.8 Å². The fourth-order valence-electron chi connectivity index (χ4n) is 1.02. The van der Waals surface area contributed by atoms with E-state index in [9.17, 15) is 13.2 Å². The van der Waals surface area contributed by atoms with Gasteiger partial charge in [-0.25, -0.2) is 4.79 Å². The highest BCUT2D eigenvalue weighted by molar-refractivity contribution is 7.87. The van der Waals surface area contributed by atoms with Gasteiger partial charge in [-0.3, -0.25) is 0 Å². The molecule has 0 amide bonds. The average Bonchev–Trinajstić information content (AvgIpc) is 2.17. The molecule has 0 spiro atoms. The fourth-order valence-corrected chi connectivity index (χ4v) is 2.11. The maximum absolute atomic E-state index is 11.5. The molecule has 0 aromatic heterocycles. The van der Waals surface area contributed by atoms with Crippen molar-refractivity contribution in [3.63, 3.8) is 0 Å². The molecule has 5 heteroatoms. The minimum Gasteiger partial charge on any atom is -0.338 e. The van der Waals surface area contributed by atoms with E-state index in [-0.39, 0.29) is 4.90 Å². The maximum atomic E-state index is 11.5. The number of carbonyl (C=O) groups is 1. The quantitative estimate of drug-likeness (QED) is 0.577. The van der Waals surface area contributed by atoms with Crippen LogP contribution in [0.3, 0.4) is 0 Å². The van der Waals surface area contributed by atoms with Gasteiger partial charge >= 0.3 is 16.1 Å². The molecule has 0 aliphatic carbocycles. The first-order valence-electron chi connectivity index (χ1n) is 4.14. The van der Waals surface area contributed by atoms with Crippen molar-refractivity contribution in [3.05, 3.63) is 42.5 Å². The molecule has 0 unspecified atom stereocenters. The fraction of sp³-hybridized carbons (Fsp3) is 0.100. The highest BCUT2D eigenvalue weighted by Crippen LogP contribution is 2.16. The predicted molar refractivity (Wildman–Crippen MR) is 54.7 cm³/mol. The molecule has 1 aromatic carbocycles. The molecule has 0 bridgehead atoms. The van der Waals surface area contributed by atoms with Crippen LogP contribution in [0, 0.1) is 6.92 Å². The van der Waals surface area contributed by atoms with Crippen molar-refractivity contribution in [2.24, 2.45) is 0 Å². The van der Waals surface area contributed by atoms with Crippen molar-refractivity contribution in [2.75, 3.05) is 0 Å². The van der Waals surface area contributed by atoms with Crippen LogP contribution in [0.25, 0.3) is 0 Å². The number of benzene rings is 1. The summed E-state index contributed by atoms with van der Waals surface area (Å²) in [7, 11) is -4.02. The number of hydrogen-bond acceptors (Lipinski definition) is 4. The highest BCUT2D eigenvalue weighted by Gasteiger charge is 2.20. The van der Waals surface area contributed by atoms with Gasteiger partial charge in [0.05, 0.1) is 0 Å². The van der Waals surface area contributed by atoms with Crippen molar-refractivity contribution in [3.8, 4) is 0 Å². The molecule has 0 saturated heterocycles. The summed E-state index contributed by atoms with van der Waals surface area (Å²) in [4.78, 5) is 10.8. The normalized spacial score (nSPS) is 10.7. The van der Waals surface area contributed by atoms with Crippen LogP contribution in [0.5, 0.6) is 0 Å². The Morgan fingerprint density at radius 2 is 2.00 bits per heavy atom. The summed E-state index contributed by atoms with van der Waals surface area (Å²) in [6, 6.07) is 6.25. The molecule has 0 aliphatic rings. The van der Waals surface area contributed by atoms with Gasteiger partial charge in [0.25, 0.3) is 0 Å². The lowest BCUT2D eigenvalue weighted by Crippen LogP contribution is -2.12. The SMILES string of the molecule is C=CC(=O)OS(=O)(=O)c1ccccc1C. The molecule has 15 heavy (non-hydrogen) atoms. The Balaban J connectivity index is 3.12. The Bertz CT molecular complexity index is 488. The van der Waals surface area contributed by atoms with E-state index in [2.05, 4.69) is 10.8 Å². The minimum atomic E-state index is -4.02. The second-order valence-corrected chi connectivity index (χ2v) is 4.34. The van der Waals surface area contributed by atoms with Crippen molar-refractivity contribution < 1.29 is 17.4 Å². The van der Waals surface area contributed by atoms with E-state index in [0.29, 0.717) is 5.56 Å². The highest BCUT2D eigenvalue weighted by atomic mass is 32.2. The van der Waals surface area contributed by atoms with Crippen LogP contribution in [0.4, 0.5) is 0 Å². The van der Waals surface area contributed by atoms with Crippen LogP contribution in [-0.2, 0) is 19.1 Å². The molecule has 4 nitrogen and oxygen atoms in total. The molecular formula is C10H10O4S. The zero-order valence-electron chi connectivity index (χ0n) is 8.14. The third-order valence-corrected chi connectivity index (χ3v) is 3.10. The summed E-state index contributed by atoms with van der Waals surface area (Å²) < 4.78 is 27.3. The standard InChI is InChI=1S/C10H10O4S/c1-3-10(11)14-15(12,13)9-7-5-4-6-8(9)2/h3-7H,1H2,2H3. The van der Waals surface area contributed by atoms with Crippen LogP contribution in [0.1, 0.15) is 5.56 Å². The van der Waals surface area contributed by atoms with Gasteiger partial charge in [-0.2, -0.15) is 8.42 Å². The second-order valence-electron chi connectivity index (χ2n) is 2.83. The lowest BCUT2D eigenvalue weighted by molar-refractivity contribution is -0.128. The maximum Gasteiger partial charge on any atom is 0.346 e. The van der Waals surface area contributed by atoms with E-state index in [1.807, 2.05) is 0 Å². The summed E-state index contributed by atoms with van der Waals surface area (Å²) in [5, 5.41) is 0. The second kappa shape index (κ2) is 4.27. The molecule has 1 aromatic rings. The molecule has 0 fully saturated rings. The first kappa shape index (κ1) is 11.5. The smallest absolute Gasteiger partial charge is 0.338 e. The Labute approximate surface area is 88.3 Å². The molecule has 0 saturated carbocycles. The third kappa shape index (κ3) is 2.66. The molecular weight excluding hydrogens is 216 g/mol. The van der Waals surface area contributed by atoms with Crippen LogP contribution in [0.2, 0.25) is 0 Å². The number of rotatable bonds is 3. The summed E-state index contributed by atoms with van der Waals surface area (Å²) in [6.45, 7) is 4.74. The molecule has 0 atom stereocenters. The van der Waals surface area contributed by atoms with E-state index in [1.165, 1.54) is 6.07 Å². The summed E-state index contributed by atoms with van der Waals surface area (Å²) in [6.07, 6.45) is 0.801. The first-order chi connectivity index (χ1) is 6.97. The summed E-state index contributed by atoms with van der Waals surface area (Å²) in [5.74, 6) is -0.988. The van der Waals surface area contributed by atoms with E-state index in [1.54, 1.807) is 25.1 Å². The van der Waals surface area contributed by atoms with Gasteiger partial charge in [0.2, 0.25) is 0 Å². The molecule has 1 rings (SSSR count). The molecule has 0 N–H and O–H groups in total. The zero-order valence-corrected chi connectivity index (χ0v) is 8.95. The van der Waals surface area contributed by atoms with Gasteiger partial charge in [0.15, 0.2) is 0 Å². The van der Waals surface area contributed by atoms with E-state index in [0.717, 1.165) is 6.08 Å². The lowest BCUT2D eigenvalue weighted by atomic mass is 10.2. The van der Waals surface area contributed by atoms with Crippen LogP contribution in [-0.4, -0.2) is 14.4 Å². The van der Waals surface area contributed by atoms with Gasteiger partial charge in [-0.1, -0.05) is 24.8 Å².